The van der Waals surface area contributed by atoms with Crippen molar-refractivity contribution in [1.29, 1.82) is 0 Å². The van der Waals surface area contributed by atoms with Crippen LogP contribution in [0, 0.1) is 5.92 Å². The summed E-state index contributed by atoms with van der Waals surface area (Å²) in [5.41, 5.74) is 0.238. The van der Waals surface area contributed by atoms with Gasteiger partial charge in [-0.2, -0.15) is 0 Å². The number of nitrogens with one attached hydrogen (secondary N) is 1. The summed E-state index contributed by atoms with van der Waals surface area (Å²) >= 11 is 6.18. The highest BCUT2D eigenvalue weighted by molar-refractivity contribution is 6.35. The molecule has 0 radical (unpaired) electrons. The highest BCUT2D eigenvalue weighted by Gasteiger charge is 2.30. The standard InChI is InChI=1S/C17H24ClNO3/c1-6-17(4,11(2)3)19-16(21)14(10-20)13-8-7-12(22-5)9-15(13)18/h7-11,20H,6H2,1-5H3,(H,19,21)/b14-10+. The molecule has 22 heavy (non-hydrogen) atoms. The monoisotopic (exact) mass is 325 g/mol. The first-order valence-electron chi connectivity index (χ1n) is 7.29. The normalized spacial score (nSPS) is 14.6. The van der Waals surface area contributed by atoms with Crippen molar-refractivity contribution < 1.29 is 14.6 Å². The van der Waals surface area contributed by atoms with Crippen LogP contribution in [0.2, 0.25) is 5.02 Å². The molecule has 1 unspecified atom stereocenters. The molecule has 0 aliphatic carbocycles. The number of carbonyl (C=O) groups is 1. The van der Waals surface area contributed by atoms with E-state index in [9.17, 15) is 9.90 Å². The minimum atomic E-state index is -0.357. The molecule has 0 saturated carbocycles. The van der Waals surface area contributed by atoms with Gasteiger partial charge in [-0.1, -0.05) is 32.4 Å². The van der Waals surface area contributed by atoms with Gasteiger partial charge >= 0.3 is 0 Å². The fourth-order valence-corrected chi connectivity index (χ4v) is 2.33. The fraction of sp³-hybridized carbons (Fsp3) is 0.471. The molecule has 5 heteroatoms. The lowest BCUT2D eigenvalue weighted by Gasteiger charge is -2.34. The second-order valence-electron chi connectivity index (χ2n) is 5.77. The van der Waals surface area contributed by atoms with Crippen LogP contribution in [0.3, 0.4) is 0 Å². The number of aliphatic hydroxyl groups is 1. The van der Waals surface area contributed by atoms with Gasteiger partial charge < -0.3 is 15.2 Å². The molecule has 0 aliphatic heterocycles. The summed E-state index contributed by atoms with van der Waals surface area (Å²) in [7, 11) is 1.54. The second-order valence-corrected chi connectivity index (χ2v) is 6.18. The Morgan fingerprint density at radius 2 is 2.14 bits per heavy atom. The Bertz CT molecular complexity index is 569. The molecule has 0 aromatic heterocycles. The minimum absolute atomic E-state index is 0.132. The van der Waals surface area contributed by atoms with E-state index >= 15 is 0 Å². The van der Waals surface area contributed by atoms with Crippen molar-refractivity contribution in [2.45, 2.75) is 39.7 Å². The van der Waals surface area contributed by atoms with Gasteiger partial charge in [0.05, 0.1) is 24.0 Å². The molecule has 0 fully saturated rings. The van der Waals surface area contributed by atoms with Crippen LogP contribution < -0.4 is 10.1 Å². The first-order chi connectivity index (χ1) is 10.3. The van der Waals surface area contributed by atoms with E-state index in [0.29, 0.717) is 16.3 Å². The molecule has 2 N–H and O–H groups in total. The van der Waals surface area contributed by atoms with Crippen LogP contribution in [0.5, 0.6) is 5.75 Å². The number of amides is 1. The topological polar surface area (TPSA) is 58.6 Å². The van der Waals surface area contributed by atoms with E-state index in [0.717, 1.165) is 12.7 Å². The van der Waals surface area contributed by atoms with Gasteiger partial charge in [0, 0.05) is 11.1 Å². The summed E-state index contributed by atoms with van der Waals surface area (Å²) < 4.78 is 5.09. The van der Waals surface area contributed by atoms with Gasteiger partial charge in [-0.05, 0) is 37.5 Å². The Morgan fingerprint density at radius 3 is 2.55 bits per heavy atom. The first kappa shape index (κ1) is 18.4. The van der Waals surface area contributed by atoms with Gasteiger partial charge in [-0.15, -0.1) is 0 Å². The molecule has 0 saturated heterocycles. The van der Waals surface area contributed by atoms with Gasteiger partial charge in [-0.25, -0.2) is 0 Å². The number of ether oxygens (including phenoxy) is 1. The molecule has 122 valence electrons. The van der Waals surface area contributed by atoms with E-state index in [1.165, 1.54) is 7.11 Å². The number of carbonyl (C=O) groups excluding carboxylic acids is 1. The number of benzene rings is 1. The molecule has 0 spiro atoms. The molecule has 0 heterocycles. The number of methoxy groups -OCH3 is 1. The zero-order valence-electron chi connectivity index (χ0n) is 13.7. The zero-order chi connectivity index (χ0) is 16.9. The van der Waals surface area contributed by atoms with Crippen molar-refractivity contribution in [3.8, 4) is 5.75 Å². The molecule has 1 amide bonds. The van der Waals surface area contributed by atoms with E-state index in [1.807, 2.05) is 27.7 Å². The molecular formula is C17H24ClNO3. The number of halogens is 1. The Hall–Kier alpha value is -1.68. The molecule has 1 aromatic rings. The highest BCUT2D eigenvalue weighted by atomic mass is 35.5. The van der Waals surface area contributed by atoms with Crippen LogP contribution in [0.25, 0.3) is 5.57 Å². The molecular weight excluding hydrogens is 302 g/mol. The molecule has 0 aliphatic rings. The number of hydrogen-bond acceptors (Lipinski definition) is 3. The Balaban J connectivity index is 3.10. The Labute approximate surface area is 137 Å². The van der Waals surface area contributed by atoms with Crippen LogP contribution in [0.1, 0.15) is 39.7 Å². The van der Waals surface area contributed by atoms with Crippen molar-refractivity contribution >= 4 is 23.1 Å². The van der Waals surface area contributed by atoms with E-state index < -0.39 is 0 Å². The maximum Gasteiger partial charge on any atom is 0.255 e. The molecule has 1 aromatic carbocycles. The van der Waals surface area contributed by atoms with Crippen molar-refractivity contribution in [3.05, 3.63) is 35.0 Å². The summed E-state index contributed by atoms with van der Waals surface area (Å²) in [5.74, 6) is 0.493. The first-order valence-corrected chi connectivity index (χ1v) is 7.67. The van der Waals surface area contributed by atoms with Gasteiger partial charge in [-0.3, -0.25) is 4.79 Å². The van der Waals surface area contributed by atoms with E-state index in [-0.39, 0.29) is 22.9 Å². The maximum atomic E-state index is 12.5. The Kier molecular flexibility index (Phi) is 6.30. The predicted molar refractivity (Wildman–Crippen MR) is 90.3 cm³/mol. The average Bonchev–Trinajstić information content (AvgIpc) is 2.49. The van der Waals surface area contributed by atoms with Crippen LogP contribution in [-0.2, 0) is 4.79 Å². The lowest BCUT2D eigenvalue weighted by atomic mass is 9.85. The van der Waals surface area contributed by atoms with Gasteiger partial charge in [0.1, 0.15) is 5.75 Å². The minimum Gasteiger partial charge on any atom is -0.515 e. The fourth-order valence-electron chi connectivity index (χ4n) is 2.06. The molecule has 0 bridgehead atoms. The summed E-state index contributed by atoms with van der Waals surface area (Å²) in [6.45, 7) is 8.10. The average molecular weight is 326 g/mol. The van der Waals surface area contributed by atoms with Crippen molar-refractivity contribution in [3.63, 3.8) is 0 Å². The smallest absolute Gasteiger partial charge is 0.255 e. The number of rotatable bonds is 6. The van der Waals surface area contributed by atoms with Crippen LogP contribution in [-0.4, -0.2) is 23.7 Å². The highest BCUT2D eigenvalue weighted by Crippen LogP contribution is 2.29. The summed E-state index contributed by atoms with van der Waals surface area (Å²) in [5, 5.41) is 12.8. The third kappa shape index (κ3) is 3.95. The largest absolute Gasteiger partial charge is 0.515 e. The lowest BCUT2D eigenvalue weighted by molar-refractivity contribution is -0.117. The van der Waals surface area contributed by atoms with Crippen LogP contribution in [0.4, 0.5) is 0 Å². The summed E-state index contributed by atoms with van der Waals surface area (Å²) in [4.78, 5) is 12.5. The summed E-state index contributed by atoms with van der Waals surface area (Å²) in [6.07, 6.45) is 1.57. The maximum absolute atomic E-state index is 12.5. The Morgan fingerprint density at radius 1 is 1.50 bits per heavy atom. The summed E-state index contributed by atoms with van der Waals surface area (Å²) in [6, 6.07) is 4.95. The number of hydrogen-bond donors (Lipinski definition) is 2. The van der Waals surface area contributed by atoms with Gasteiger partial charge in [0.2, 0.25) is 0 Å². The van der Waals surface area contributed by atoms with Gasteiger partial charge in [0.25, 0.3) is 5.91 Å². The third-order valence-electron chi connectivity index (χ3n) is 4.25. The molecule has 1 rings (SSSR count). The van der Waals surface area contributed by atoms with Crippen LogP contribution in [0.15, 0.2) is 24.5 Å². The van der Waals surface area contributed by atoms with Gasteiger partial charge in [0.15, 0.2) is 0 Å². The van der Waals surface area contributed by atoms with E-state index in [2.05, 4.69) is 5.32 Å². The lowest BCUT2D eigenvalue weighted by Crippen LogP contribution is -2.49. The zero-order valence-corrected chi connectivity index (χ0v) is 14.5. The van der Waals surface area contributed by atoms with Crippen molar-refractivity contribution in [2.24, 2.45) is 5.92 Å². The molecule has 4 nitrogen and oxygen atoms in total. The third-order valence-corrected chi connectivity index (χ3v) is 4.56. The van der Waals surface area contributed by atoms with E-state index in [1.54, 1.807) is 18.2 Å². The van der Waals surface area contributed by atoms with Crippen molar-refractivity contribution in [2.75, 3.05) is 7.11 Å². The number of aliphatic hydroxyl groups excluding tert-OH is 1. The predicted octanol–water partition coefficient (Wildman–Crippen LogP) is 4.19. The van der Waals surface area contributed by atoms with Crippen molar-refractivity contribution in [1.82, 2.24) is 5.32 Å². The van der Waals surface area contributed by atoms with Crippen LogP contribution >= 0.6 is 11.6 Å². The molecule has 1 atom stereocenters. The second kappa shape index (κ2) is 7.54. The van der Waals surface area contributed by atoms with E-state index in [4.69, 9.17) is 16.3 Å². The quantitative estimate of drug-likeness (QED) is 0.609. The SMILES string of the molecule is CCC(C)(NC(=O)/C(=C/O)c1ccc(OC)cc1Cl)C(C)C.